The van der Waals surface area contributed by atoms with Gasteiger partial charge in [0, 0.05) is 32.7 Å². The Hall–Kier alpha value is -2.32. The van der Waals surface area contributed by atoms with Gasteiger partial charge in [0.1, 0.15) is 11.3 Å². The summed E-state index contributed by atoms with van der Waals surface area (Å²) in [5, 5.41) is 2.94. The van der Waals surface area contributed by atoms with Crippen LogP contribution in [0.2, 0.25) is 0 Å². The van der Waals surface area contributed by atoms with Crippen LogP contribution in [0.15, 0.2) is 23.4 Å². The molecule has 0 radical (unpaired) electrons. The summed E-state index contributed by atoms with van der Waals surface area (Å²) in [6, 6.07) is 4.69. The second-order valence-electron chi connectivity index (χ2n) is 7.56. The highest BCUT2D eigenvalue weighted by Crippen LogP contribution is 2.21. The Balaban J connectivity index is 1.94. The molecule has 1 heterocycles. The van der Waals surface area contributed by atoms with Gasteiger partial charge in [-0.05, 0) is 49.7 Å². The molecule has 1 fully saturated rings. The van der Waals surface area contributed by atoms with Crippen molar-refractivity contribution in [1.82, 2.24) is 9.80 Å². The van der Waals surface area contributed by atoms with Crippen molar-refractivity contribution in [1.29, 1.82) is 0 Å². The van der Waals surface area contributed by atoms with Crippen LogP contribution in [0.3, 0.4) is 0 Å². The van der Waals surface area contributed by atoms with Crippen LogP contribution >= 0.6 is 0 Å². The summed E-state index contributed by atoms with van der Waals surface area (Å²) in [6.07, 6.45) is 0. The van der Waals surface area contributed by atoms with E-state index in [4.69, 9.17) is 9.47 Å². The van der Waals surface area contributed by atoms with Crippen LogP contribution in [0.1, 0.15) is 36.7 Å². The molecule has 1 aromatic carbocycles. The lowest BCUT2D eigenvalue weighted by Gasteiger charge is -2.34. The molecule has 27 heavy (non-hydrogen) atoms. The first-order chi connectivity index (χ1) is 12.7. The monoisotopic (exact) mass is 377 g/mol. The first-order valence-corrected chi connectivity index (χ1v) is 8.93. The van der Waals surface area contributed by atoms with Crippen molar-refractivity contribution in [3.8, 4) is 0 Å². The van der Waals surface area contributed by atoms with Gasteiger partial charge < -0.3 is 9.47 Å². The first kappa shape index (κ1) is 21.0. The van der Waals surface area contributed by atoms with Gasteiger partial charge in [-0.25, -0.2) is 4.79 Å². The summed E-state index contributed by atoms with van der Waals surface area (Å²) in [7, 11) is 1.33. The Kier molecular flexibility index (Phi) is 7.04. The van der Waals surface area contributed by atoms with E-state index in [1.165, 1.54) is 13.2 Å². The highest BCUT2D eigenvalue weighted by Gasteiger charge is 2.23. The van der Waals surface area contributed by atoms with Gasteiger partial charge in [-0.2, -0.15) is 0 Å². The number of piperazine rings is 1. The van der Waals surface area contributed by atoms with Crippen molar-refractivity contribution >= 4 is 17.6 Å². The molecule has 1 aromatic rings. The highest BCUT2D eigenvalue weighted by atomic mass is 16.6. The minimum atomic E-state index is -0.485. The Morgan fingerprint density at radius 2 is 1.74 bits per heavy atom. The average Bonchev–Trinajstić information content (AvgIpc) is 2.61. The number of carbonyl (C=O) groups excluding carboxylic acids is 2. The number of rotatable bonds is 6. The summed E-state index contributed by atoms with van der Waals surface area (Å²) in [5.74, 6) is -0.667. The summed E-state index contributed by atoms with van der Waals surface area (Å²) in [6.45, 7) is 9.25. The Morgan fingerprint density at radius 3 is 2.30 bits per heavy atom. The van der Waals surface area contributed by atoms with Gasteiger partial charge in [0.15, 0.2) is 0 Å². The fraction of sp³-hybridized carbons (Fsp3) is 0.579. The minimum absolute atomic E-state index is 0.228. The fourth-order valence-corrected chi connectivity index (χ4v) is 2.98. The van der Waals surface area contributed by atoms with Gasteiger partial charge in [0.25, 0.3) is 0 Å². The third-order valence-electron chi connectivity index (χ3n) is 4.23. The zero-order valence-corrected chi connectivity index (χ0v) is 16.4. The van der Waals surface area contributed by atoms with Crippen molar-refractivity contribution in [3.05, 3.63) is 34.2 Å². The van der Waals surface area contributed by atoms with Crippen LogP contribution in [0.4, 0.5) is 5.69 Å². The maximum Gasteiger partial charge on any atom is 0.338 e. The predicted molar refractivity (Wildman–Crippen MR) is 101 cm³/mol. The molecular weight excluding hydrogens is 350 g/mol. The summed E-state index contributed by atoms with van der Waals surface area (Å²) in [4.78, 5) is 38.9. The summed E-state index contributed by atoms with van der Waals surface area (Å²) in [5.41, 5.74) is 0.933. The molecule has 0 atom stereocenters. The number of ether oxygens (including phenoxy) is 2. The highest BCUT2D eigenvalue weighted by molar-refractivity contribution is 5.91. The number of methoxy groups -OCH3 is 1. The van der Waals surface area contributed by atoms with E-state index in [-0.39, 0.29) is 18.2 Å². The van der Waals surface area contributed by atoms with Crippen molar-refractivity contribution < 1.29 is 19.1 Å². The molecule has 2 rings (SSSR count). The molecule has 0 amide bonds. The number of benzene rings is 1. The van der Waals surface area contributed by atoms with Crippen LogP contribution in [0.5, 0.6) is 0 Å². The normalized spacial score (nSPS) is 16.0. The zero-order chi connectivity index (χ0) is 20.0. The fourth-order valence-electron chi connectivity index (χ4n) is 2.98. The van der Waals surface area contributed by atoms with Gasteiger partial charge in [0.05, 0.1) is 19.2 Å². The second-order valence-corrected chi connectivity index (χ2v) is 7.56. The minimum Gasteiger partial charge on any atom is -0.465 e. The quantitative estimate of drug-likeness (QED) is 0.555. The number of esters is 2. The molecule has 0 aromatic heterocycles. The molecule has 8 heteroatoms. The molecule has 0 saturated carbocycles. The molecule has 148 valence electrons. The molecule has 1 saturated heterocycles. The molecule has 0 aliphatic carbocycles. The topological polar surface area (TPSA) is 88.5 Å². The molecule has 0 N–H and O–H groups in total. The third kappa shape index (κ3) is 6.41. The smallest absolute Gasteiger partial charge is 0.338 e. The second kappa shape index (κ2) is 9.05. The van der Waals surface area contributed by atoms with E-state index in [9.17, 15) is 14.5 Å². The van der Waals surface area contributed by atoms with E-state index >= 15 is 0 Å². The van der Waals surface area contributed by atoms with Crippen LogP contribution in [0, 0.1) is 4.91 Å². The third-order valence-corrected chi connectivity index (χ3v) is 4.23. The van der Waals surface area contributed by atoms with E-state index in [1.54, 1.807) is 12.1 Å². The average molecular weight is 377 g/mol. The maximum absolute atomic E-state index is 12.0. The Morgan fingerprint density at radius 1 is 1.11 bits per heavy atom. The zero-order valence-electron chi connectivity index (χ0n) is 16.4. The largest absolute Gasteiger partial charge is 0.465 e. The molecule has 0 unspecified atom stereocenters. The van der Waals surface area contributed by atoms with E-state index in [0.29, 0.717) is 17.7 Å². The van der Waals surface area contributed by atoms with Gasteiger partial charge in [0.2, 0.25) is 0 Å². The van der Waals surface area contributed by atoms with E-state index in [1.807, 2.05) is 20.8 Å². The van der Waals surface area contributed by atoms with Gasteiger partial charge in [-0.1, -0.05) is 0 Å². The predicted octanol–water partition coefficient (Wildman–Crippen LogP) is 2.33. The van der Waals surface area contributed by atoms with Gasteiger partial charge in [-0.15, -0.1) is 4.91 Å². The standard InChI is InChI=1S/C19H27N3O5/c1-19(2,3)27-17(23)13-22-9-7-21(8-10-22)12-14-11-15(20-25)5-6-16(14)18(24)26-4/h5-6,11H,7-10,12-13H2,1-4H3. The summed E-state index contributed by atoms with van der Waals surface area (Å²) >= 11 is 0. The van der Waals surface area contributed by atoms with Crippen molar-refractivity contribution in [2.45, 2.75) is 32.9 Å². The number of nitroso groups, excluding NO2 is 1. The van der Waals surface area contributed by atoms with Gasteiger partial charge >= 0.3 is 11.9 Å². The van der Waals surface area contributed by atoms with Crippen LogP contribution < -0.4 is 0 Å². The molecule has 8 nitrogen and oxygen atoms in total. The van der Waals surface area contributed by atoms with Crippen LogP contribution in [0.25, 0.3) is 0 Å². The number of carbonyl (C=O) groups is 2. The van der Waals surface area contributed by atoms with Gasteiger partial charge in [-0.3, -0.25) is 14.6 Å². The number of nitrogens with zero attached hydrogens (tertiary/aromatic N) is 3. The maximum atomic E-state index is 12.0. The summed E-state index contributed by atoms with van der Waals surface area (Å²) < 4.78 is 10.2. The lowest BCUT2D eigenvalue weighted by atomic mass is 10.1. The molecule has 1 aliphatic heterocycles. The van der Waals surface area contributed by atoms with E-state index in [2.05, 4.69) is 15.0 Å². The molecule has 0 spiro atoms. The molecular formula is C19H27N3O5. The van der Waals surface area contributed by atoms with Crippen LogP contribution in [-0.4, -0.2) is 67.2 Å². The Labute approximate surface area is 159 Å². The lowest BCUT2D eigenvalue weighted by molar-refractivity contribution is -0.156. The first-order valence-electron chi connectivity index (χ1n) is 8.93. The number of hydrogen-bond donors (Lipinski definition) is 0. The van der Waals surface area contributed by atoms with Crippen molar-refractivity contribution in [2.75, 3.05) is 39.8 Å². The Bertz CT molecular complexity index is 691. The SMILES string of the molecule is COC(=O)c1ccc(N=O)cc1CN1CCN(CC(=O)OC(C)(C)C)CC1. The van der Waals surface area contributed by atoms with Crippen molar-refractivity contribution in [2.24, 2.45) is 5.18 Å². The molecule has 0 bridgehead atoms. The van der Waals surface area contributed by atoms with E-state index < -0.39 is 11.6 Å². The number of hydrogen-bond acceptors (Lipinski definition) is 8. The molecule has 1 aliphatic rings. The lowest BCUT2D eigenvalue weighted by Crippen LogP contribution is -2.48. The van der Waals surface area contributed by atoms with Crippen molar-refractivity contribution in [3.63, 3.8) is 0 Å². The van der Waals surface area contributed by atoms with E-state index in [0.717, 1.165) is 26.2 Å². The van der Waals surface area contributed by atoms with Crippen LogP contribution in [-0.2, 0) is 20.8 Å².